The quantitative estimate of drug-likeness (QED) is 0.486. The zero-order valence-electron chi connectivity index (χ0n) is 3.49. The lowest BCUT2D eigenvalue weighted by atomic mass is 10.4. The molecule has 0 aromatic carbocycles. The fourth-order valence-electron chi connectivity index (χ4n) is 0.109. The van der Waals surface area contributed by atoms with Gasteiger partial charge in [-0.2, -0.15) is 0 Å². The van der Waals surface area contributed by atoms with Crippen molar-refractivity contribution in [3.63, 3.8) is 0 Å². The summed E-state index contributed by atoms with van der Waals surface area (Å²) in [6, 6.07) is 0. The van der Waals surface area contributed by atoms with Crippen LogP contribution in [0.2, 0.25) is 0 Å². The van der Waals surface area contributed by atoms with Gasteiger partial charge in [-0.3, -0.25) is 0 Å². The first kappa shape index (κ1) is 6.22. The Hall–Kier alpha value is -0.780. The zero-order chi connectivity index (χ0) is 5.70. The van der Waals surface area contributed by atoms with Crippen molar-refractivity contribution < 1.29 is 13.9 Å². The van der Waals surface area contributed by atoms with E-state index < -0.39 is 12.8 Å². The molecule has 0 bridgehead atoms. The standard InChI is InChI=1S/C4H4F2O/c5-3-4(6)1-2-7/h4,7H,3H2. The summed E-state index contributed by atoms with van der Waals surface area (Å²) in [5, 5.41) is 7.60. The highest BCUT2D eigenvalue weighted by Gasteiger charge is 1.96. The second-order valence-electron chi connectivity index (χ2n) is 0.878. The molecule has 0 amide bonds. The summed E-state index contributed by atoms with van der Waals surface area (Å²) < 4.78 is 22.4. The highest BCUT2D eigenvalue weighted by molar-refractivity contribution is 4.97. The highest BCUT2D eigenvalue weighted by atomic mass is 19.2. The molecule has 0 aliphatic rings. The third kappa shape index (κ3) is 3.04. The van der Waals surface area contributed by atoms with Crippen LogP contribution in [0.5, 0.6) is 0 Å². The van der Waals surface area contributed by atoms with E-state index in [4.69, 9.17) is 5.11 Å². The van der Waals surface area contributed by atoms with Crippen molar-refractivity contribution in [1.82, 2.24) is 0 Å². The maximum atomic E-state index is 11.4. The minimum absolute atomic E-state index is 1.16. The maximum absolute atomic E-state index is 11.4. The van der Waals surface area contributed by atoms with Crippen LogP contribution in [0.3, 0.4) is 0 Å². The molecule has 1 nitrogen and oxygen atoms in total. The summed E-state index contributed by atoms with van der Waals surface area (Å²) >= 11 is 0. The van der Waals surface area contributed by atoms with Gasteiger partial charge >= 0.3 is 0 Å². The molecule has 3 heteroatoms. The van der Waals surface area contributed by atoms with E-state index in [1.807, 2.05) is 0 Å². The molecule has 0 saturated carbocycles. The lowest BCUT2D eigenvalue weighted by Crippen LogP contribution is -1.96. The molecule has 0 saturated heterocycles. The molecule has 7 heavy (non-hydrogen) atoms. The molecule has 0 rings (SSSR count). The molecular formula is C4H4F2O. The minimum atomic E-state index is -1.83. The van der Waals surface area contributed by atoms with Gasteiger partial charge in [-0.1, -0.05) is 0 Å². The average Bonchev–Trinajstić information content (AvgIpc) is 1.68. The van der Waals surface area contributed by atoms with E-state index in [1.54, 1.807) is 5.92 Å². The largest absolute Gasteiger partial charge is 0.462 e. The van der Waals surface area contributed by atoms with Crippen LogP contribution in [-0.2, 0) is 0 Å². The van der Waals surface area contributed by atoms with Crippen molar-refractivity contribution in [1.29, 1.82) is 0 Å². The topological polar surface area (TPSA) is 20.2 Å². The van der Waals surface area contributed by atoms with Crippen molar-refractivity contribution in [2.75, 3.05) is 6.67 Å². The van der Waals surface area contributed by atoms with Gasteiger partial charge in [-0.05, 0) is 5.92 Å². The third-order valence-electron chi connectivity index (χ3n) is 0.357. The first-order chi connectivity index (χ1) is 3.31. The summed E-state index contributed by atoms with van der Waals surface area (Å²) in [5.41, 5.74) is 0. The first-order valence-corrected chi connectivity index (χ1v) is 1.66. The lowest BCUT2D eigenvalue weighted by Gasteiger charge is -1.83. The smallest absolute Gasteiger partial charge is 0.192 e. The molecule has 0 radical (unpaired) electrons. The number of aliphatic hydroxyl groups excluding tert-OH is 1. The Kier molecular flexibility index (Phi) is 3.03. The van der Waals surface area contributed by atoms with Crippen molar-refractivity contribution >= 4 is 0 Å². The summed E-state index contributed by atoms with van der Waals surface area (Å²) in [4.78, 5) is 0. The summed E-state index contributed by atoms with van der Waals surface area (Å²) in [6.45, 7) is -1.16. The summed E-state index contributed by atoms with van der Waals surface area (Å²) in [6.07, 6.45) is -0.575. The van der Waals surface area contributed by atoms with Gasteiger partial charge in [0, 0.05) is 0 Å². The SMILES string of the molecule is OC#CC(F)CF. The van der Waals surface area contributed by atoms with E-state index in [9.17, 15) is 8.78 Å². The molecule has 0 aromatic rings. The fraction of sp³-hybridized carbons (Fsp3) is 0.500. The number of rotatable bonds is 1. The molecule has 1 N–H and O–H groups in total. The molecule has 0 fully saturated rings. The molecule has 0 aromatic heterocycles. The van der Waals surface area contributed by atoms with E-state index in [-0.39, 0.29) is 0 Å². The van der Waals surface area contributed by atoms with E-state index in [0.717, 1.165) is 0 Å². The Morgan fingerprint density at radius 2 is 2.29 bits per heavy atom. The second-order valence-corrected chi connectivity index (χ2v) is 0.878. The zero-order valence-corrected chi connectivity index (χ0v) is 3.49. The van der Waals surface area contributed by atoms with Crippen LogP contribution in [0.15, 0.2) is 0 Å². The monoisotopic (exact) mass is 106 g/mol. The molecule has 0 aliphatic carbocycles. The van der Waals surface area contributed by atoms with Crippen molar-refractivity contribution in [2.24, 2.45) is 0 Å². The highest BCUT2D eigenvalue weighted by Crippen LogP contribution is 1.85. The van der Waals surface area contributed by atoms with Crippen molar-refractivity contribution in [2.45, 2.75) is 6.17 Å². The van der Waals surface area contributed by atoms with Crippen LogP contribution >= 0.6 is 0 Å². The summed E-state index contributed by atoms with van der Waals surface area (Å²) in [5.74, 6) is 1.56. The van der Waals surface area contributed by atoms with Crippen LogP contribution in [0, 0.1) is 12.0 Å². The Morgan fingerprint density at radius 1 is 1.71 bits per heavy atom. The van der Waals surface area contributed by atoms with Crippen LogP contribution in [0.25, 0.3) is 0 Å². The number of aliphatic hydroxyl groups is 1. The first-order valence-electron chi connectivity index (χ1n) is 1.66. The van der Waals surface area contributed by atoms with Crippen molar-refractivity contribution in [3.8, 4) is 12.0 Å². The Morgan fingerprint density at radius 3 is 2.43 bits per heavy atom. The predicted molar refractivity (Wildman–Crippen MR) is 20.6 cm³/mol. The molecule has 0 aliphatic heterocycles. The number of alkyl halides is 2. The van der Waals surface area contributed by atoms with Gasteiger partial charge in [0.05, 0.1) is 0 Å². The van der Waals surface area contributed by atoms with Crippen molar-refractivity contribution in [3.05, 3.63) is 0 Å². The number of hydrogen-bond donors (Lipinski definition) is 1. The van der Waals surface area contributed by atoms with Gasteiger partial charge in [-0.25, -0.2) is 8.78 Å². The maximum Gasteiger partial charge on any atom is 0.192 e. The molecule has 1 unspecified atom stereocenters. The van der Waals surface area contributed by atoms with Gasteiger partial charge in [0.15, 0.2) is 6.17 Å². The summed E-state index contributed by atoms with van der Waals surface area (Å²) in [7, 11) is 0. The fourth-order valence-corrected chi connectivity index (χ4v) is 0.109. The van der Waals surface area contributed by atoms with E-state index in [0.29, 0.717) is 0 Å². The van der Waals surface area contributed by atoms with Crippen LogP contribution < -0.4 is 0 Å². The molecular weight excluding hydrogens is 102 g/mol. The molecule has 0 spiro atoms. The molecule has 1 atom stereocenters. The van der Waals surface area contributed by atoms with Gasteiger partial charge in [0.25, 0.3) is 0 Å². The van der Waals surface area contributed by atoms with E-state index in [1.165, 1.54) is 6.11 Å². The number of halogens is 2. The minimum Gasteiger partial charge on any atom is -0.462 e. The van der Waals surface area contributed by atoms with Crippen LogP contribution in [-0.4, -0.2) is 18.0 Å². The molecule has 0 heterocycles. The van der Waals surface area contributed by atoms with Gasteiger partial charge < -0.3 is 5.11 Å². The van der Waals surface area contributed by atoms with Gasteiger partial charge in [0.1, 0.15) is 12.8 Å². The average molecular weight is 106 g/mol. The van der Waals surface area contributed by atoms with Crippen LogP contribution in [0.4, 0.5) is 8.78 Å². The van der Waals surface area contributed by atoms with Gasteiger partial charge in [-0.15, -0.1) is 0 Å². The Bertz CT molecular complexity index is 91.6. The number of hydrogen-bond acceptors (Lipinski definition) is 1. The Labute approximate surface area is 40.0 Å². The van der Waals surface area contributed by atoms with E-state index >= 15 is 0 Å². The van der Waals surface area contributed by atoms with Gasteiger partial charge in [0.2, 0.25) is 0 Å². The second kappa shape index (κ2) is 3.41. The predicted octanol–water partition coefficient (Wildman–Crippen LogP) is 0.627. The molecule has 40 valence electrons. The lowest BCUT2D eigenvalue weighted by molar-refractivity contribution is 0.317. The van der Waals surface area contributed by atoms with Crippen LogP contribution in [0.1, 0.15) is 0 Å². The Balaban J connectivity index is 3.29. The van der Waals surface area contributed by atoms with E-state index in [2.05, 4.69) is 0 Å². The third-order valence-corrected chi connectivity index (χ3v) is 0.357. The normalized spacial score (nSPS) is 11.7.